The maximum Gasteiger partial charge on any atom is 0.191 e. The molecule has 2 bridgehead atoms. The normalized spacial score (nSPS) is 35.6. The fourth-order valence-electron chi connectivity index (χ4n) is 4.62. The molecule has 5 heteroatoms. The Bertz CT molecular complexity index is 519. The zero-order valence-electron chi connectivity index (χ0n) is 12.8. The Morgan fingerprint density at radius 1 is 1.19 bits per heavy atom. The van der Waals surface area contributed by atoms with Gasteiger partial charge in [-0.15, -0.1) is 0 Å². The van der Waals surface area contributed by atoms with Crippen molar-refractivity contribution >= 4 is 23.4 Å². The van der Waals surface area contributed by atoms with Crippen LogP contribution in [0.15, 0.2) is 11.2 Å². The van der Waals surface area contributed by atoms with E-state index in [0.29, 0.717) is 6.04 Å². The summed E-state index contributed by atoms with van der Waals surface area (Å²) < 4.78 is 0. The van der Waals surface area contributed by atoms with E-state index in [9.17, 15) is 0 Å². The summed E-state index contributed by atoms with van der Waals surface area (Å²) in [4.78, 5) is 9.17. The van der Waals surface area contributed by atoms with Crippen LogP contribution >= 0.6 is 11.8 Å². The van der Waals surface area contributed by atoms with Crippen LogP contribution in [0.25, 0.3) is 0 Å². The highest BCUT2D eigenvalue weighted by Gasteiger charge is 2.65. The van der Waals surface area contributed by atoms with Gasteiger partial charge in [0.25, 0.3) is 0 Å². The molecule has 4 rings (SSSR count). The van der Waals surface area contributed by atoms with Crippen molar-refractivity contribution in [1.29, 1.82) is 0 Å². The molecule has 2 N–H and O–H groups in total. The van der Waals surface area contributed by atoms with E-state index in [1.807, 2.05) is 6.26 Å². The lowest BCUT2D eigenvalue weighted by Crippen LogP contribution is -2.14. The Morgan fingerprint density at radius 3 is 2.57 bits per heavy atom. The van der Waals surface area contributed by atoms with Crippen molar-refractivity contribution in [3.8, 4) is 0 Å². The Hall–Kier alpha value is -0.970. The third kappa shape index (κ3) is 2.39. The zero-order valence-corrected chi connectivity index (χ0v) is 13.6. The smallest absolute Gasteiger partial charge is 0.191 e. The molecule has 0 aliphatic heterocycles. The maximum atomic E-state index is 4.64. The molecule has 4 unspecified atom stereocenters. The summed E-state index contributed by atoms with van der Waals surface area (Å²) in [7, 11) is 0. The summed E-state index contributed by atoms with van der Waals surface area (Å²) in [6, 6.07) is 2.76. The second-order valence-corrected chi connectivity index (χ2v) is 7.48. The maximum absolute atomic E-state index is 4.64. The van der Waals surface area contributed by atoms with Crippen LogP contribution < -0.4 is 10.6 Å². The first-order valence-electron chi connectivity index (χ1n) is 8.23. The van der Waals surface area contributed by atoms with Crippen molar-refractivity contribution in [2.24, 2.45) is 23.7 Å². The molecule has 1 aromatic rings. The Morgan fingerprint density at radius 2 is 1.90 bits per heavy atom. The van der Waals surface area contributed by atoms with Crippen LogP contribution in [0.4, 0.5) is 11.6 Å². The van der Waals surface area contributed by atoms with Crippen molar-refractivity contribution in [2.45, 2.75) is 43.8 Å². The molecule has 1 heterocycles. The van der Waals surface area contributed by atoms with Gasteiger partial charge >= 0.3 is 0 Å². The van der Waals surface area contributed by atoms with Crippen molar-refractivity contribution in [2.75, 3.05) is 23.4 Å². The van der Waals surface area contributed by atoms with Crippen molar-refractivity contribution in [3.63, 3.8) is 0 Å². The van der Waals surface area contributed by atoms with E-state index in [2.05, 4.69) is 33.6 Å². The third-order valence-electron chi connectivity index (χ3n) is 5.49. The summed E-state index contributed by atoms with van der Waals surface area (Å²) >= 11 is 1.61. The van der Waals surface area contributed by atoms with Crippen molar-refractivity contribution in [3.05, 3.63) is 6.07 Å². The number of hydrogen-bond donors (Lipinski definition) is 2. The summed E-state index contributed by atoms with van der Waals surface area (Å²) in [5, 5.41) is 7.94. The summed E-state index contributed by atoms with van der Waals surface area (Å²) in [5.74, 6) is 5.82. The Kier molecular flexibility index (Phi) is 3.48. The van der Waals surface area contributed by atoms with Gasteiger partial charge in [0, 0.05) is 18.7 Å². The lowest BCUT2D eigenvalue weighted by atomic mass is 10.0. The molecular weight excluding hydrogens is 280 g/mol. The summed E-state index contributed by atoms with van der Waals surface area (Å²) in [6.45, 7) is 3.13. The molecule has 4 atom stereocenters. The number of thioether (sulfide) groups is 1. The van der Waals surface area contributed by atoms with Gasteiger partial charge in [0.15, 0.2) is 5.16 Å². The van der Waals surface area contributed by atoms with E-state index in [1.165, 1.54) is 19.3 Å². The van der Waals surface area contributed by atoms with Crippen LogP contribution in [0.5, 0.6) is 0 Å². The molecule has 0 aromatic carbocycles. The standard InChI is InChI=1S/C16H24N4S/c1-3-6-17-11-8-12(20-16(19-11)21-2)18-15-13-9-4-5-10(7-9)14(13)15/h8-10,13-15H,3-7H2,1-2H3,(H2,17,18,19,20). The first-order chi connectivity index (χ1) is 10.3. The Balaban J connectivity index is 1.47. The molecule has 1 aromatic heterocycles. The van der Waals surface area contributed by atoms with Gasteiger partial charge in [0.2, 0.25) is 0 Å². The predicted octanol–water partition coefficient (Wildman–Crippen LogP) is 3.48. The number of fused-ring (bicyclic) bond motifs is 5. The third-order valence-corrected chi connectivity index (χ3v) is 6.04. The molecule has 0 saturated heterocycles. The van der Waals surface area contributed by atoms with E-state index >= 15 is 0 Å². The van der Waals surface area contributed by atoms with Crippen molar-refractivity contribution in [1.82, 2.24) is 9.97 Å². The van der Waals surface area contributed by atoms with Gasteiger partial charge < -0.3 is 10.6 Å². The monoisotopic (exact) mass is 304 g/mol. The van der Waals surface area contributed by atoms with E-state index in [-0.39, 0.29) is 0 Å². The quantitative estimate of drug-likeness (QED) is 0.622. The van der Waals surface area contributed by atoms with Crippen LogP contribution in [-0.2, 0) is 0 Å². The van der Waals surface area contributed by atoms with E-state index in [0.717, 1.165) is 53.4 Å². The number of anilines is 2. The number of nitrogens with one attached hydrogen (secondary N) is 2. The SMILES string of the molecule is CCCNc1cc(NC2C3C4CCC(C4)C23)nc(SC)n1. The number of hydrogen-bond acceptors (Lipinski definition) is 5. The molecule has 3 aliphatic carbocycles. The molecule has 3 fully saturated rings. The van der Waals surface area contributed by atoms with E-state index < -0.39 is 0 Å². The fraction of sp³-hybridized carbons (Fsp3) is 0.750. The second-order valence-electron chi connectivity index (χ2n) is 6.71. The van der Waals surface area contributed by atoms with E-state index in [4.69, 9.17) is 0 Å². The second kappa shape index (κ2) is 5.34. The number of rotatable bonds is 6. The zero-order chi connectivity index (χ0) is 14.4. The average molecular weight is 304 g/mol. The van der Waals surface area contributed by atoms with Gasteiger partial charge in [-0.2, -0.15) is 0 Å². The predicted molar refractivity (Wildman–Crippen MR) is 87.8 cm³/mol. The highest BCUT2D eigenvalue weighted by atomic mass is 32.2. The summed E-state index contributed by atoms with van der Waals surface area (Å²) in [6.07, 6.45) is 7.57. The van der Waals surface area contributed by atoms with Crippen LogP contribution in [0, 0.1) is 23.7 Å². The first kappa shape index (κ1) is 13.7. The first-order valence-corrected chi connectivity index (χ1v) is 9.46. The molecule has 114 valence electrons. The van der Waals surface area contributed by atoms with Crippen LogP contribution in [0.1, 0.15) is 32.6 Å². The van der Waals surface area contributed by atoms with Gasteiger partial charge in [0.05, 0.1) is 0 Å². The van der Waals surface area contributed by atoms with Crippen LogP contribution in [-0.4, -0.2) is 28.8 Å². The molecule has 4 nitrogen and oxygen atoms in total. The lowest BCUT2D eigenvalue weighted by molar-refractivity contribution is 0.456. The molecule has 0 spiro atoms. The molecule has 21 heavy (non-hydrogen) atoms. The molecule has 0 amide bonds. The fourth-order valence-corrected chi connectivity index (χ4v) is 5.00. The lowest BCUT2D eigenvalue weighted by Gasteiger charge is -2.13. The molecule has 3 saturated carbocycles. The minimum Gasteiger partial charge on any atom is -0.370 e. The number of nitrogens with zero attached hydrogens (tertiary/aromatic N) is 2. The van der Waals surface area contributed by atoms with Gasteiger partial charge in [-0.1, -0.05) is 18.7 Å². The largest absolute Gasteiger partial charge is 0.370 e. The number of aromatic nitrogens is 2. The van der Waals surface area contributed by atoms with E-state index in [1.54, 1.807) is 11.8 Å². The van der Waals surface area contributed by atoms with Crippen LogP contribution in [0.3, 0.4) is 0 Å². The topological polar surface area (TPSA) is 49.8 Å². The highest BCUT2D eigenvalue weighted by molar-refractivity contribution is 7.98. The average Bonchev–Trinajstić information content (AvgIpc) is 2.89. The van der Waals surface area contributed by atoms with Gasteiger partial charge in [-0.3, -0.25) is 0 Å². The van der Waals surface area contributed by atoms with Crippen LogP contribution in [0.2, 0.25) is 0 Å². The van der Waals surface area contributed by atoms with Crippen molar-refractivity contribution < 1.29 is 0 Å². The van der Waals surface area contributed by atoms with Gasteiger partial charge in [-0.05, 0) is 55.6 Å². The molecule has 0 radical (unpaired) electrons. The van der Waals surface area contributed by atoms with Gasteiger partial charge in [-0.25, -0.2) is 9.97 Å². The molecular formula is C16H24N4S. The molecule has 3 aliphatic rings. The highest BCUT2D eigenvalue weighted by Crippen LogP contribution is 2.66. The summed E-state index contributed by atoms with van der Waals surface area (Å²) in [5.41, 5.74) is 0. The minimum absolute atomic E-state index is 0.680. The minimum atomic E-state index is 0.680. The van der Waals surface area contributed by atoms with Gasteiger partial charge in [0.1, 0.15) is 11.6 Å². The Labute approximate surface area is 130 Å².